The molecular formula is C2H4N3NaS. The molecule has 1 fully saturated rings. The minimum absolute atomic E-state index is 0. The van der Waals surface area contributed by atoms with E-state index in [0.717, 1.165) is 4.99 Å². The van der Waals surface area contributed by atoms with E-state index >= 15 is 0 Å². The number of nitrogens with one attached hydrogen (secondary N) is 2. The Balaban J connectivity index is 0.000000360. The summed E-state index contributed by atoms with van der Waals surface area (Å²) in [6.45, 7) is 0.690. The quantitative estimate of drug-likeness (QED) is 0.263. The Bertz CT molecular complexity index is 67.3. The molecule has 0 bridgehead atoms. The molecule has 0 aromatic heterocycles. The molecule has 1 rings (SSSR count). The van der Waals surface area contributed by atoms with Crippen LogP contribution < -0.4 is 40.4 Å². The van der Waals surface area contributed by atoms with Crippen molar-refractivity contribution >= 4 is 17.2 Å². The van der Waals surface area contributed by atoms with E-state index in [1.807, 2.05) is 0 Å². The molecule has 0 amide bonds. The third-order valence-electron chi connectivity index (χ3n) is 0.499. The molecule has 1 aliphatic rings. The van der Waals surface area contributed by atoms with Crippen LogP contribution in [0.2, 0.25) is 0 Å². The van der Waals surface area contributed by atoms with Gasteiger partial charge in [-0.2, -0.15) is 0 Å². The molecular weight excluding hydrogens is 121 g/mol. The summed E-state index contributed by atoms with van der Waals surface area (Å²) in [7, 11) is 0. The summed E-state index contributed by atoms with van der Waals surface area (Å²) in [6, 6.07) is 0. The molecule has 0 saturated carbocycles. The second-order valence-electron chi connectivity index (χ2n) is 0.982. The zero-order chi connectivity index (χ0) is 4.41. The van der Waals surface area contributed by atoms with E-state index in [1.165, 1.54) is 0 Å². The van der Waals surface area contributed by atoms with Crippen molar-refractivity contribution < 1.29 is 29.6 Å². The van der Waals surface area contributed by atoms with Gasteiger partial charge in [0.25, 0.3) is 0 Å². The first-order chi connectivity index (χ1) is 2.89. The number of hydrogen-bond donors (Lipinski definition) is 2. The summed E-state index contributed by atoms with van der Waals surface area (Å²) in [5, 5.41) is 0. The molecule has 7 heavy (non-hydrogen) atoms. The molecule has 0 atom stereocenters. The van der Waals surface area contributed by atoms with E-state index in [2.05, 4.69) is 28.6 Å². The summed E-state index contributed by atoms with van der Waals surface area (Å²) < 4.78 is 0. The molecule has 1 saturated heterocycles. The Kier molecular flexibility index (Phi) is 4.20. The second kappa shape index (κ2) is 3.77. The minimum atomic E-state index is 0. The first kappa shape index (κ1) is 7.81. The van der Waals surface area contributed by atoms with Crippen molar-refractivity contribution in [1.82, 2.24) is 10.9 Å². The Morgan fingerprint density at radius 3 is 2.57 bits per heavy atom. The van der Waals surface area contributed by atoms with Gasteiger partial charge in [-0.25, -0.2) is 0 Å². The maximum Gasteiger partial charge on any atom is 1.00 e. The Labute approximate surface area is 69.5 Å². The molecule has 0 unspecified atom stereocenters. The van der Waals surface area contributed by atoms with Crippen molar-refractivity contribution in [3.05, 3.63) is 5.53 Å². The van der Waals surface area contributed by atoms with Crippen molar-refractivity contribution in [2.45, 2.75) is 0 Å². The first-order valence-corrected chi connectivity index (χ1v) is 2.02. The van der Waals surface area contributed by atoms with Gasteiger partial charge < -0.3 is 16.4 Å². The van der Waals surface area contributed by atoms with Gasteiger partial charge >= 0.3 is 29.6 Å². The molecule has 0 aromatic carbocycles. The molecule has 3 nitrogen and oxygen atoms in total. The average Bonchev–Trinajstić information content (AvgIpc) is 1.86. The van der Waals surface area contributed by atoms with Crippen LogP contribution in [0, 0.1) is 0 Å². The summed E-state index contributed by atoms with van der Waals surface area (Å²) in [4.78, 5) is 0.759. The van der Waals surface area contributed by atoms with E-state index in [-0.39, 0.29) is 29.6 Å². The van der Waals surface area contributed by atoms with Crippen LogP contribution in [0.3, 0.4) is 0 Å². The summed E-state index contributed by atoms with van der Waals surface area (Å²) in [6.07, 6.45) is 0. The topological polar surface area (TPSA) is 38.2 Å². The minimum Gasteiger partial charge on any atom is -0.506 e. The molecule has 2 N–H and O–H groups in total. The summed E-state index contributed by atoms with van der Waals surface area (Å²) in [5.41, 5.74) is 8.73. The molecule has 0 radical (unpaired) electrons. The van der Waals surface area contributed by atoms with E-state index < -0.39 is 0 Å². The van der Waals surface area contributed by atoms with Gasteiger partial charge in [0.05, 0.1) is 4.99 Å². The fourth-order valence-corrected chi connectivity index (χ4v) is 0.363. The monoisotopic (exact) mass is 125 g/mol. The summed E-state index contributed by atoms with van der Waals surface area (Å²) in [5.74, 6) is 0. The summed E-state index contributed by atoms with van der Waals surface area (Å²) >= 11 is 4.65. The third kappa shape index (κ3) is 2.58. The van der Waals surface area contributed by atoms with Crippen molar-refractivity contribution in [1.29, 1.82) is 0 Å². The van der Waals surface area contributed by atoms with Crippen LogP contribution >= 0.6 is 12.2 Å². The van der Waals surface area contributed by atoms with Gasteiger partial charge in [0.2, 0.25) is 0 Å². The largest absolute Gasteiger partial charge is 1.00 e. The smallest absolute Gasteiger partial charge is 0.506 e. The van der Waals surface area contributed by atoms with Crippen molar-refractivity contribution in [3.63, 3.8) is 0 Å². The normalized spacial score (nSPS) is 18.0. The fraction of sp³-hybridized carbons (Fsp3) is 0.500. The molecule has 1 aliphatic heterocycles. The Morgan fingerprint density at radius 2 is 2.43 bits per heavy atom. The maximum atomic E-state index is 4.65. The average molecular weight is 125 g/mol. The zero-order valence-corrected chi connectivity index (χ0v) is 6.88. The number of nitrogens with zero attached hydrogens (tertiary/aromatic N) is 1. The van der Waals surface area contributed by atoms with Gasteiger partial charge in [-0.3, -0.25) is 0 Å². The first-order valence-electron chi connectivity index (χ1n) is 1.61. The van der Waals surface area contributed by atoms with Gasteiger partial charge in [0.1, 0.15) is 0 Å². The van der Waals surface area contributed by atoms with Gasteiger partial charge in [-0.15, -0.1) is 0 Å². The molecule has 0 spiro atoms. The van der Waals surface area contributed by atoms with Crippen LogP contribution in [0.4, 0.5) is 0 Å². The molecule has 0 aromatic rings. The molecule has 1 heterocycles. The number of rotatable bonds is 0. The maximum absolute atomic E-state index is 4.65. The second-order valence-corrected chi connectivity index (χ2v) is 1.47. The predicted molar refractivity (Wildman–Crippen MR) is 27.1 cm³/mol. The van der Waals surface area contributed by atoms with Gasteiger partial charge in [0.15, 0.2) is 0 Å². The zero-order valence-electron chi connectivity index (χ0n) is 4.06. The standard InChI is InChI=1S/C2H4N3S.Na/c6-2-1-3-5-4-2;/h3H,1H2,(H,4,6);/q-1;+1. The number of hydrogen-bond acceptors (Lipinski definition) is 2. The Morgan fingerprint density at radius 1 is 1.71 bits per heavy atom. The SMILES string of the molecule is S=C1CN[N-]N1.[Na+]. The van der Waals surface area contributed by atoms with Crippen LogP contribution in [-0.4, -0.2) is 11.5 Å². The van der Waals surface area contributed by atoms with E-state index in [9.17, 15) is 0 Å². The molecule has 5 heteroatoms. The van der Waals surface area contributed by atoms with E-state index in [4.69, 9.17) is 0 Å². The van der Waals surface area contributed by atoms with Crippen molar-refractivity contribution in [3.8, 4) is 0 Å². The van der Waals surface area contributed by atoms with Crippen LogP contribution in [0.25, 0.3) is 5.53 Å². The number of thiocarbonyl (C=S) groups is 1. The van der Waals surface area contributed by atoms with E-state index in [1.54, 1.807) is 0 Å². The van der Waals surface area contributed by atoms with Gasteiger partial charge in [0, 0.05) is 6.54 Å². The fourth-order valence-electron chi connectivity index (χ4n) is 0.253. The van der Waals surface area contributed by atoms with Gasteiger partial charge in [-0.1, -0.05) is 12.2 Å². The molecule has 34 valence electrons. The van der Waals surface area contributed by atoms with Crippen LogP contribution in [0.1, 0.15) is 0 Å². The van der Waals surface area contributed by atoms with E-state index in [0.29, 0.717) is 6.54 Å². The van der Waals surface area contributed by atoms with Gasteiger partial charge in [-0.05, 0) is 0 Å². The van der Waals surface area contributed by atoms with Crippen molar-refractivity contribution in [2.75, 3.05) is 6.54 Å². The predicted octanol–water partition coefficient (Wildman–Crippen LogP) is -3.29. The molecule has 0 aliphatic carbocycles. The van der Waals surface area contributed by atoms with Crippen LogP contribution in [0.5, 0.6) is 0 Å². The van der Waals surface area contributed by atoms with Crippen LogP contribution in [0.15, 0.2) is 0 Å². The Hall–Kier alpha value is 0.810. The third-order valence-corrected chi connectivity index (χ3v) is 0.735. The van der Waals surface area contributed by atoms with Crippen molar-refractivity contribution in [2.24, 2.45) is 0 Å². The van der Waals surface area contributed by atoms with Crippen LogP contribution in [-0.2, 0) is 0 Å².